The summed E-state index contributed by atoms with van der Waals surface area (Å²) in [6.07, 6.45) is 1.84. The number of methoxy groups -OCH3 is 1. The predicted octanol–water partition coefficient (Wildman–Crippen LogP) is 3.68. The summed E-state index contributed by atoms with van der Waals surface area (Å²) in [7, 11) is 1.71. The molecule has 23 heavy (non-hydrogen) atoms. The first kappa shape index (κ1) is 14.6. The molecule has 3 heterocycles. The van der Waals surface area contributed by atoms with Crippen LogP contribution in [0.1, 0.15) is 30.3 Å². The molecule has 1 aromatic heterocycles. The average molecular weight is 325 g/mol. The molecule has 0 amide bonds. The number of amidine groups is 1. The zero-order valence-corrected chi connectivity index (χ0v) is 14.0. The molecule has 1 fully saturated rings. The number of fused-ring (bicyclic) bond motifs is 1. The SMILES string of the molecule is COc1cccc([C@@H]2[C@@H](c3ccccn3)N=C3S[C@@H](C)CN32)c1. The molecule has 1 saturated heterocycles. The number of thioether (sulfide) groups is 1. The molecule has 0 saturated carbocycles. The van der Waals surface area contributed by atoms with Crippen LogP contribution in [0.4, 0.5) is 0 Å². The molecule has 1 aromatic carbocycles. The van der Waals surface area contributed by atoms with Crippen molar-refractivity contribution in [1.29, 1.82) is 0 Å². The molecule has 118 valence electrons. The van der Waals surface area contributed by atoms with E-state index in [-0.39, 0.29) is 12.1 Å². The third kappa shape index (κ3) is 2.59. The second kappa shape index (κ2) is 5.89. The maximum Gasteiger partial charge on any atom is 0.160 e. The van der Waals surface area contributed by atoms with Crippen molar-refractivity contribution < 1.29 is 4.74 Å². The standard InChI is InChI=1S/C18H19N3OS/c1-12-11-21-17(13-6-5-7-14(10-13)22-2)16(20-18(21)23-12)15-8-3-4-9-19-15/h3-10,12,16-17H,11H2,1-2H3/t12-,16+,17+/m0/s1. The lowest BCUT2D eigenvalue weighted by molar-refractivity contribution is 0.320. The number of aliphatic imine (C=N–C) groups is 1. The predicted molar refractivity (Wildman–Crippen MR) is 93.9 cm³/mol. The average Bonchev–Trinajstić information content (AvgIpc) is 3.11. The summed E-state index contributed by atoms with van der Waals surface area (Å²) in [4.78, 5) is 12.0. The van der Waals surface area contributed by atoms with Gasteiger partial charge in [-0.25, -0.2) is 0 Å². The van der Waals surface area contributed by atoms with Crippen LogP contribution in [0.5, 0.6) is 5.75 Å². The molecule has 0 unspecified atom stereocenters. The molecule has 5 heteroatoms. The Bertz CT molecular complexity index is 734. The number of benzene rings is 1. The quantitative estimate of drug-likeness (QED) is 0.863. The second-order valence-electron chi connectivity index (χ2n) is 5.91. The minimum absolute atomic E-state index is 0.0401. The highest BCUT2D eigenvalue weighted by molar-refractivity contribution is 8.14. The maximum absolute atomic E-state index is 5.41. The molecule has 2 aliphatic heterocycles. The van der Waals surface area contributed by atoms with Crippen LogP contribution in [0.15, 0.2) is 53.7 Å². The third-order valence-corrected chi connectivity index (χ3v) is 5.42. The second-order valence-corrected chi connectivity index (χ2v) is 7.32. The molecule has 4 nitrogen and oxygen atoms in total. The van der Waals surface area contributed by atoms with Gasteiger partial charge in [0, 0.05) is 18.0 Å². The Kier molecular flexibility index (Phi) is 3.73. The van der Waals surface area contributed by atoms with Gasteiger partial charge < -0.3 is 9.64 Å². The van der Waals surface area contributed by atoms with Crippen LogP contribution in [-0.2, 0) is 0 Å². The molecule has 2 aliphatic rings. The van der Waals surface area contributed by atoms with Crippen molar-refractivity contribution in [1.82, 2.24) is 9.88 Å². The molecule has 0 aliphatic carbocycles. The highest BCUT2D eigenvalue weighted by Crippen LogP contribution is 2.47. The number of aromatic nitrogens is 1. The van der Waals surface area contributed by atoms with Gasteiger partial charge in [-0.1, -0.05) is 36.9 Å². The van der Waals surface area contributed by atoms with Gasteiger partial charge in [0.25, 0.3) is 0 Å². The number of ether oxygens (including phenoxy) is 1. The number of pyridine rings is 1. The van der Waals surface area contributed by atoms with E-state index in [0.717, 1.165) is 23.2 Å². The summed E-state index contributed by atoms with van der Waals surface area (Å²) in [6, 6.07) is 14.6. The molecule has 4 rings (SSSR count). The van der Waals surface area contributed by atoms with Crippen LogP contribution < -0.4 is 4.74 Å². The minimum atomic E-state index is 0.0401. The first-order valence-corrected chi connectivity index (χ1v) is 8.70. The van der Waals surface area contributed by atoms with E-state index in [1.807, 2.05) is 42.2 Å². The fraction of sp³-hybridized carbons (Fsp3) is 0.333. The van der Waals surface area contributed by atoms with Crippen LogP contribution in [0, 0.1) is 0 Å². The lowest BCUT2D eigenvalue weighted by Crippen LogP contribution is -2.28. The molecular weight excluding hydrogens is 306 g/mol. The van der Waals surface area contributed by atoms with Gasteiger partial charge in [0.15, 0.2) is 5.17 Å². The van der Waals surface area contributed by atoms with Gasteiger partial charge in [0.2, 0.25) is 0 Å². The van der Waals surface area contributed by atoms with Crippen LogP contribution in [0.2, 0.25) is 0 Å². The summed E-state index contributed by atoms with van der Waals surface area (Å²) in [5, 5.41) is 1.72. The Labute approximate surface area is 140 Å². The minimum Gasteiger partial charge on any atom is -0.497 e. The lowest BCUT2D eigenvalue weighted by Gasteiger charge is -2.27. The van der Waals surface area contributed by atoms with Crippen molar-refractivity contribution in [3.05, 3.63) is 59.9 Å². The molecule has 0 bridgehead atoms. The van der Waals surface area contributed by atoms with Crippen molar-refractivity contribution in [2.75, 3.05) is 13.7 Å². The summed E-state index contributed by atoms with van der Waals surface area (Å²) in [5.41, 5.74) is 2.25. The fourth-order valence-electron chi connectivity index (χ4n) is 3.30. The zero-order valence-electron chi connectivity index (χ0n) is 13.2. The maximum atomic E-state index is 5.41. The van der Waals surface area contributed by atoms with Crippen molar-refractivity contribution in [3.63, 3.8) is 0 Å². The number of rotatable bonds is 3. The normalized spacial score (nSPS) is 26.1. The van der Waals surface area contributed by atoms with Gasteiger partial charge in [-0.15, -0.1) is 0 Å². The fourth-order valence-corrected chi connectivity index (χ4v) is 4.40. The van der Waals surface area contributed by atoms with Crippen LogP contribution in [0.25, 0.3) is 0 Å². The number of nitrogens with zero attached hydrogens (tertiary/aromatic N) is 3. The highest BCUT2D eigenvalue weighted by atomic mass is 32.2. The lowest BCUT2D eigenvalue weighted by atomic mass is 9.96. The van der Waals surface area contributed by atoms with Crippen molar-refractivity contribution in [3.8, 4) is 5.75 Å². The van der Waals surface area contributed by atoms with E-state index in [9.17, 15) is 0 Å². The topological polar surface area (TPSA) is 37.7 Å². The van der Waals surface area contributed by atoms with Crippen molar-refractivity contribution in [2.45, 2.75) is 24.3 Å². The summed E-state index contributed by atoms with van der Waals surface area (Å²) >= 11 is 1.86. The van der Waals surface area contributed by atoms with E-state index in [0.29, 0.717) is 5.25 Å². The molecular formula is C18H19N3OS. The highest BCUT2D eigenvalue weighted by Gasteiger charge is 2.43. The first-order valence-electron chi connectivity index (χ1n) is 7.82. The molecule has 0 radical (unpaired) electrons. The van der Waals surface area contributed by atoms with Gasteiger partial charge in [-0.05, 0) is 29.8 Å². The van der Waals surface area contributed by atoms with Gasteiger partial charge in [-0.3, -0.25) is 9.98 Å². The zero-order chi connectivity index (χ0) is 15.8. The third-order valence-electron chi connectivity index (χ3n) is 4.32. The van der Waals surface area contributed by atoms with E-state index < -0.39 is 0 Å². The smallest absolute Gasteiger partial charge is 0.160 e. The van der Waals surface area contributed by atoms with E-state index in [4.69, 9.17) is 9.73 Å². The van der Waals surface area contributed by atoms with Gasteiger partial charge in [-0.2, -0.15) is 0 Å². The molecule has 2 aromatic rings. The molecule has 0 spiro atoms. The molecule has 0 N–H and O–H groups in total. The molecule has 3 atom stereocenters. The first-order chi connectivity index (χ1) is 11.3. The van der Waals surface area contributed by atoms with Crippen LogP contribution in [-0.4, -0.2) is 34.0 Å². The van der Waals surface area contributed by atoms with Crippen LogP contribution >= 0.6 is 11.8 Å². The van der Waals surface area contributed by atoms with Crippen LogP contribution in [0.3, 0.4) is 0 Å². The summed E-state index contributed by atoms with van der Waals surface area (Å²) in [6.45, 7) is 3.28. The largest absolute Gasteiger partial charge is 0.497 e. The number of hydrogen-bond acceptors (Lipinski definition) is 5. The van der Waals surface area contributed by atoms with Gasteiger partial charge in [0.05, 0.1) is 18.8 Å². The van der Waals surface area contributed by atoms with E-state index in [1.165, 1.54) is 5.56 Å². The van der Waals surface area contributed by atoms with Gasteiger partial charge in [0.1, 0.15) is 11.8 Å². The van der Waals surface area contributed by atoms with E-state index in [1.54, 1.807) is 7.11 Å². The van der Waals surface area contributed by atoms with E-state index in [2.05, 4.69) is 35.0 Å². The van der Waals surface area contributed by atoms with Crippen molar-refractivity contribution in [2.24, 2.45) is 4.99 Å². The van der Waals surface area contributed by atoms with E-state index >= 15 is 0 Å². The Balaban J connectivity index is 1.77. The number of hydrogen-bond donors (Lipinski definition) is 0. The monoisotopic (exact) mass is 325 g/mol. The Morgan fingerprint density at radius 1 is 1.22 bits per heavy atom. The summed E-state index contributed by atoms with van der Waals surface area (Å²) < 4.78 is 5.41. The summed E-state index contributed by atoms with van der Waals surface area (Å²) in [5.74, 6) is 0.885. The Morgan fingerprint density at radius 3 is 2.91 bits per heavy atom. The van der Waals surface area contributed by atoms with Crippen molar-refractivity contribution >= 4 is 16.9 Å². The Hall–Kier alpha value is -2.01. The van der Waals surface area contributed by atoms with Gasteiger partial charge >= 0.3 is 0 Å². The Morgan fingerprint density at radius 2 is 2.13 bits per heavy atom.